The van der Waals surface area contributed by atoms with Crippen molar-refractivity contribution in [3.05, 3.63) is 76.8 Å². The number of anilines is 2. The summed E-state index contributed by atoms with van der Waals surface area (Å²) in [5.74, 6) is 0. The van der Waals surface area contributed by atoms with Gasteiger partial charge in [-0.2, -0.15) is 0 Å². The van der Waals surface area contributed by atoms with Crippen LogP contribution in [0.5, 0.6) is 0 Å². The molecule has 0 aliphatic rings. The molecule has 24 heavy (non-hydrogen) atoms. The Labute approximate surface area is 140 Å². The minimum absolute atomic E-state index is 0.955. The van der Waals surface area contributed by atoms with Crippen LogP contribution in [-0.2, 0) is 0 Å². The maximum atomic E-state index is 4.52. The number of aromatic nitrogens is 1. The number of rotatable bonds is 2. The summed E-state index contributed by atoms with van der Waals surface area (Å²) in [5.41, 5.74) is 4.07. The van der Waals surface area contributed by atoms with Crippen molar-refractivity contribution in [1.29, 1.82) is 0 Å². The van der Waals surface area contributed by atoms with Gasteiger partial charge in [-0.3, -0.25) is 4.98 Å². The highest BCUT2D eigenvalue weighted by Crippen LogP contribution is 2.21. The molecule has 0 unspecified atom stereocenters. The van der Waals surface area contributed by atoms with E-state index in [1.165, 1.54) is 0 Å². The summed E-state index contributed by atoms with van der Waals surface area (Å²) in [7, 11) is 0. The third-order valence-corrected chi connectivity index (χ3v) is 4.57. The predicted octanol–water partition coefficient (Wildman–Crippen LogP) is 4.26. The number of hydrogen-bond acceptors (Lipinski definition) is 2. The average molecular weight is 310 g/mol. The van der Waals surface area contributed by atoms with Gasteiger partial charge in [-0.1, -0.05) is 55.6 Å². The van der Waals surface area contributed by atoms with Crippen LogP contribution in [0.15, 0.2) is 60.8 Å². The molecule has 4 aromatic rings. The second-order valence-corrected chi connectivity index (χ2v) is 6.04. The van der Waals surface area contributed by atoms with Crippen molar-refractivity contribution in [1.82, 2.24) is 4.98 Å². The van der Waals surface area contributed by atoms with Gasteiger partial charge in [0.1, 0.15) is 0 Å². The average Bonchev–Trinajstić information content (AvgIpc) is 2.63. The van der Waals surface area contributed by atoms with E-state index in [2.05, 4.69) is 54.6 Å². The topological polar surface area (TPSA) is 24.9 Å². The SMILES string of the molecule is C=c1c(C)c(Nc2cnc3ccccc3c2)c(=C)c2ccccc12. The van der Waals surface area contributed by atoms with Crippen LogP contribution in [0.25, 0.3) is 34.8 Å². The lowest BCUT2D eigenvalue weighted by Gasteiger charge is -2.14. The lowest BCUT2D eigenvalue weighted by atomic mass is 10.0. The Morgan fingerprint density at radius 2 is 1.54 bits per heavy atom. The summed E-state index contributed by atoms with van der Waals surface area (Å²) in [5, 5.41) is 8.92. The van der Waals surface area contributed by atoms with Crippen molar-refractivity contribution in [3.8, 4) is 0 Å². The van der Waals surface area contributed by atoms with E-state index in [1.54, 1.807) is 0 Å². The van der Waals surface area contributed by atoms with Crippen LogP contribution in [0.1, 0.15) is 5.56 Å². The third-order valence-electron chi connectivity index (χ3n) is 4.57. The largest absolute Gasteiger partial charge is 0.354 e. The van der Waals surface area contributed by atoms with Crippen LogP contribution in [0.2, 0.25) is 0 Å². The molecule has 0 fully saturated rings. The van der Waals surface area contributed by atoms with Gasteiger partial charge in [-0.25, -0.2) is 0 Å². The number of hydrogen-bond donors (Lipinski definition) is 1. The summed E-state index contributed by atoms with van der Waals surface area (Å²) in [6, 6.07) is 18.5. The van der Waals surface area contributed by atoms with Crippen LogP contribution >= 0.6 is 0 Å². The van der Waals surface area contributed by atoms with E-state index in [-0.39, 0.29) is 0 Å². The molecule has 1 heterocycles. The molecule has 3 aromatic carbocycles. The first-order valence-electron chi connectivity index (χ1n) is 7.96. The summed E-state index contributed by atoms with van der Waals surface area (Å²) in [6.07, 6.45) is 1.86. The molecule has 0 saturated heterocycles. The molecule has 116 valence electrons. The lowest BCUT2D eigenvalue weighted by Crippen LogP contribution is -2.19. The molecule has 1 N–H and O–H groups in total. The molecule has 1 aromatic heterocycles. The lowest BCUT2D eigenvalue weighted by molar-refractivity contribution is 1.36. The highest BCUT2D eigenvalue weighted by molar-refractivity contribution is 5.90. The van der Waals surface area contributed by atoms with E-state index in [1.807, 2.05) is 36.5 Å². The summed E-state index contributed by atoms with van der Waals surface area (Å²) < 4.78 is 0. The fraction of sp³-hybridized carbons (Fsp3) is 0.0455. The minimum atomic E-state index is 0.955. The first-order chi connectivity index (χ1) is 11.6. The van der Waals surface area contributed by atoms with Crippen LogP contribution in [0.3, 0.4) is 0 Å². The van der Waals surface area contributed by atoms with Gasteiger partial charge in [-0.15, -0.1) is 0 Å². The standard InChI is InChI=1S/C22H18N2/c1-14-15(2)22(16(3)20-10-6-5-9-19(14)20)24-18-12-17-8-4-7-11-21(17)23-13-18/h4-13,24H,1,3H2,2H3. The molecular formula is C22H18N2. The van der Waals surface area contributed by atoms with Crippen molar-refractivity contribution < 1.29 is 0 Å². The van der Waals surface area contributed by atoms with Gasteiger partial charge < -0.3 is 5.32 Å². The van der Waals surface area contributed by atoms with Gasteiger partial charge in [0.2, 0.25) is 0 Å². The fourth-order valence-electron chi connectivity index (χ4n) is 3.18. The number of nitrogens with zero attached hydrogens (tertiary/aromatic N) is 1. The van der Waals surface area contributed by atoms with Gasteiger partial charge in [0, 0.05) is 11.1 Å². The van der Waals surface area contributed by atoms with Crippen molar-refractivity contribution in [2.45, 2.75) is 6.92 Å². The minimum Gasteiger partial charge on any atom is -0.354 e. The third kappa shape index (κ3) is 2.24. The molecule has 0 aliphatic heterocycles. The van der Waals surface area contributed by atoms with Gasteiger partial charge in [0.25, 0.3) is 0 Å². The summed E-state index contributed by atoms with van der Waals surface area (Å²) in [4.78, 5) is 4.52. The van der Waals surface area contributed by atoms with E-state index >= 15 is 0 Å². The molecule has 0 spiro atoms. The second kappa shape index (κ2) is 5.50. The number of para-hydroxylation sites is 1. The zero-order valence-electron chi connectivity index (χ0n) is 13.6. The molecule has 0 atom stereocenters. The molecule has 4 rings (SSSR count). The van der Waals surface area contributed by atoms with Crippen LogP contribution in [0, 0.1) is 6.92 Å². The summed E-state index contributed by atoms with van der Waals surface area (Å²) in [6.45, 7) is 10.6. The van der Waals surface area contributed by atoms with E-state index in [0.717, 1.165) is 49.1 Å². The van der Waals surface area contributed by atoms with Gasteiger partial charge >= 0.3 is 0 Å². The van der Waals surface area contributed by atoms with Crippen molar-refractivity contribution >= 4 is 46.2 Å². The predicted molar refractivity (Wildman–Crippen MR) is 104 cm³/mol. The highest BCUT2D eigenvalue weighted by atomic mass is 14.9. The zero-order valence-corrected chi connectivity index (χ0v) is 13.6. The Bertz CT molecular complexity index is 1180. The zero-order chi connectivity index (χ0) is 16.7. The van der Waals surface area contributed by atoms with Crippen molar-refractivity contribution in [3.63, 3.8) is 0 Å². The van der Waals surface area contributed by atoms with Crippen molar-refractivity contribution in [2.75, 3.05) is 5.32 Å². The van der Waals surface area contributed by atoms with E-state index < -0.39 is 0 Å². The molecular weight excluding hydrogens is 292 g/mol. The maximum Gasteiger partial charge on any atom is 0.0703 e. The quantitative estimate of drug-likeness (QED) is 0.598. The Morgan fingerprint density at radius 1 is 0.875 bits per heavy atom. The Balaban J connectivity index is 1.90. The van der Waals surface area contributed by atoms with E-state index in [0.29, 0.717) is 0 Å². The molecule has 0 radical (unpaired) electrons. The number of fused-ring (bicyclic) bond motifs is 2. The van der Waals surface area contributed by atoms with E-state index in [4.69, 9.17) is 0 Å². The molecule has 0 bridgehead atoms. The molecule has 2 nitrogen and oxygen atoms in total. The number of benzene rings is 3. The highest BCUT2D eigenvalue weighted by Gasteiger charge is 2.07. The van der Waals surface area contributed by atoms with Crippen molar-refractivity contribution in [2.24, 2.45) is 0 Å². The fourth-order valence-corrected chi connectivity index (χ4v) is 3.18. The van der Waals surface area contributed by atoms with Crippen LogP contribution < -0.4 is 15.8 Å². The molecule has 0 amide bonds. The van der Waals surface area contributed by atoms with Gasteiger partial charge in [0.05, 0.1) is 17.4 Å². The van der Waals surface area contributed by atoms with Crippen LogP contribution in [-0.4, -0.2) is 4.98 Å². The van der Waals surface area contributed by atoms with Gasteiger partial charge in [0.15, 0.2) is 0 Å². The Hall–Kier alpha value is -3.13. The molecule has 0 aliphatic carbocycles. The molecule has 0 saturated carbocycles. The first kappa shape index (κ1) is 14.5. The Kier molecular flexibility index (Phi) is 3.31. The van der Waals surface area contributed by atoms with Crippen LogP contribution in [0.4, 0.5) is 11.4 Å². The monoisotopic (exact) mass is 310 g/mol. The second-order valence-electron chi connectivity index (χ2n) is 6.04. The molecule has 2 heteroatoms. The summed E-state index contributed by atoms with van der Waals surface area (Å²) >= 11 is 0. The smallest absolute Gasteiger partial charge is 0.0703 e. The van der Waals surface area contributed by atoms with Gasteiger partial charge in [-0.05, 0) is 45.8 Å². The van der Waals surface area contributed by atoms with E-state index in [9.17, 15) is 0 Å². The first-order valence-corrected chi connectivity index (χ1v) is 7.96. The maximum absolute atomic E-state index is 4.52. The Morgan fingerprint density at radius 3 is 2.33 bits per heavy atom. The normalized spacial score (nSPS) is 11.0. The number of nitrogens with one attached hydrogen (secondary N) is 1. The number of pyridine rings is 1.